The smallest absolute Gasteiger partial charge is 0.238 e. The van der Waals surface area contributed by atoms with E-state index in [9.17, 15) is 19.2 Å². The third kappa shape index (κ3) is 3.77. The van der Waals surface area contributed by atoms with Gasteiger partial charge in [-0.1, -0.05) is 67.0 Å². The quantitative estimate of drug-likeness (QED) is 0.287. The number of rotatable bonds is 8. The van der Waals surface area contributed by atoms with Crippen molar-refractivity contribution < 1.29 is 19.2 Å². The zero-order valence-electron chi connectivity index (χ0n) is 24.4. The number of amides is 4. The molecule has 6 aliphatic rings. The maximum atomic E-state index is 13.5. The lowest BCUT2D eigenvalue weighted by Crippen LogP contribution is -2.33. The second-order valence-corrected chi connectivity index (χ2v) is 13.4. The fourth-order valence-electron chi connectivity index (χ4n) is 9.46. The van der Waals surface area contributed by atoms with Crippen LogP contribution in [0.1, 0.15) is 50.2 Å². The number of carbonyl (C=O) groups excluding carboxylic acids is 4. The van der Waals surface area contributed by atoms with Crippen molar-refractivity contribution in [1.82, 2.24) is 0 Å². The van der Waals surface area contributed by atoms with Gasteiger partial charge in [0, 0.05) is 0 Å². The lowest BCUT2D eigenvalue weighted by Gasteiger charge is -2.21. The zero-order valence-corrected chi connectivity index (χ0v) is 24.4. The Morgan fingerprint density at radius 3 is 1.58 bits per heavy atom. The molecular weight excluding hydrogens is 536 g/mol. The number of carbonyl (C=O) groups is 4. The molecule has 0 radical (unpaired) electrons. The van der Waals surface area contributed by atoms with Crippen LogP contribution in [0.3, 0.4) is 0 Å². The second kappa shape index (κ2) is 9.73. The van der Waals surface area contributed by atoms with Gasteiger partial charge in [0.05, 0.1) is 35.0 Å². The van der Waals surface area contributed by atoms with Gasteiger partial charge in [0.25, 0.3) is 0 Å². The maximum Gasteiger partial charge on any atom is 0.238 e. The van der Waals surface area contributed by atoms with Crippen molar-refractivity contribution in [2.45, 2.75) is 45.4 Å². The van der Waals surface area contributed by atoms with Crippen LogP contribution in [0, 0.1) is 47.3 Å². The first-order valence-corrected chi connectivity index (χ1v) is 15.8. The van der Waals surface area contributed by atoms with Crippen LogP contribution in [0.15, 0.2) is 84.5 Å². The van der Waals surface area contributed by atoms with Gasteiger partial charge in [-0.25, -0.2) is 0 Å². The molecule has 2 aliphatic heterocycles. The Bertz CT molecular complexity index is 1630. The molecule has 2 aromatic rings. The summed E-state index contributed by atoms with van der Waals surface area (Å²) < 4.78 is 0. The van der Waals surface area contributed by atoms with Gasteiger partial charge in [-0.2, -0.15) is 0 Å². The highest BCUT2D eigenvalue weighted by atomic mass is 16.2. The average molecular weight is 573 g/mol. The Morgan fingerprint density at radius 1 is 0.674 bits per heavy atom. The molecule has 0 spiro atoms. The third-order valence-electron chi connectivity index (χ3n) is 11.2. The molecule has 8 rings (SSSR count). The highest BCUT2D eigenvalue weighted by Crippen LogP contribution is 2.58. The van der Waals surface area contributed by atoms with E-state index < -0.39 is 0 Å². The first-order chi connectivity index (χ1) is 20.9. The summed E-state index contributed by atoms with van der Waals surface area (Å²) in [6, 6.07) is 15.4. The van der Waals surface area contributed by atoms with Gasteiger partial charge in [0.1, 0.15) is 0 Å². The van der Waals surface area contributed by atoms with Crippen LogP contribution in [-0.4, -0.2) is 23.6 Å². The summed E-state index contributed by atoms with van der Waals surface area (Å²) in [6.45, 7) is 6.01. The number of fused-ring (bicyclic) bond motifs is 10. The third-order valence-corrected chi connectivity index (χ3v) is 11.2. The molecular formula is C37H36N2O4. The molecule has 2 aromatic carbocycles. The molecule has 0 aromatic heterocycles. The van der Waals surface area contributed by atoms with E-state index in [1.807, 2.05) is 54.6 Å². The molecule has 4 fully saturated rings. The van der Waals surface area contributed by atoms with E-state index in [2.05, 4.69) is 25.7 Å². The molecule has 8 atom stereocenters. The number of hydrogen-bond donors (Lipinski definition) is 0. The minimum Gasteiger partial charge on any atom is -0.274 e. The predicted octanol–water partition coefficient (Wildman–Crippen LogP) is 6.02. The molecule has 6 nitrogen and oxygen atoms in total. The van der Waals surface area contributed by atoms with Crippen LogP contribution in [0.25, 0.3) is 0 Å². The number of anilines is 2. The van der Waals surface area contributed by atoms with Crippen LogP contribution >= 0.6 is 0 Å². The number of benzene rings is 2. The molecule has 2 saturated heterocycles. The highest BCUT2D eigenvalue weighted by Gasteiger charge is 2.62. The van der Waals surface area contributed by atoms with Crippen molar-refractivity contribution in [3.05, 3.63) is 95.6 Å². The van der Waals surface area contributed by atoms with E-state index in [-0.39, 0.29) is 71.0 Å². The molecule has 2 saturated carbocycles. The van der Waals surface area contributed by atoms with Gasteiger partial charge in [-0.15, -0.1) is 6.58 Å². The summed E-state index contributed by atoms with van der Waals surface area (Å²) in [5.74, 6) is -0.353. The van der Waals surface area contributed by atoms with Crippen LogP contribution in [-0.2, 0) is 25.6 Å². The molecule has 4 aliphatic carbocycles. The van der Waals surface area contributed by atoms with Crippen molar-refractivity contribution in [2.75, 3.05) is 9.80 Å². The fraction of sp³-hybridized carbons (Fsp3) is 0.405. The number of imide groups is 2. The summed E-state index contributed by atoms with van der Waals surface area (Å²) in [5.41, 5.74) is 6.03. The van der Waals surface area contributed by atoms with Gasteiger partial charge >= 0.3 is 0 Å². The molecule has 0 N–H and O–H groups in total. The normalized spacial score (nSPS) is 33.4. The molecule has 43 heavy (non-hydrogen) atoms. The summed E-state index contributed by atoms with van der Waals surface area (Å²) in [7, 11) is 0. The molecule has 218 valence electrons. The minimum absolute atomic E-state index is 0.0385. The van der Waals surface area contributed by atoms with E-state index >= 15 is 0 Å². The van der Waals surface area contributed by atoms with Gasteiger partial charge in [-0.3, -0.25) is 29.0 Å². The summed E-state index contributed by atoms with van der Waals surface area (Å²) >= 11 is 0. The average Bonchev–Trinajstić information content (AvgIpc) is 3.83. The van der Waals surface area contributed by atoms with Crippen LogP contribution in [0.4, 0.5) is 11.4 Å². The summed E-state index contributed by atoms with van der Waals surface area (Å²) in [6.07, 6.45) is 11.7. The van der Waals surface area contributed by atoms with Gasteiger partial charge in [0.2, 0.25) is 23.6 Å². The van der Waals surface area contributed by atoms with E-state index in [0.717, 1.165) is 43.2 Å². The summed E-state index contributed by atoms with van der Waals surface area (Å²) in [5, 5.41) is 0. The Balaban J connectivity index is 0.945. The Kier molecular flexibility index (Phi) is 6.01. The van der Waals surface area contributed by atoms with Crippen molar-refractivity contribution >= 4 is 35.0 Å². The van der Waals surface area contributed by atoms with Crippen molar-refractivity contribution in [2.24, 2.45) is 47.3 Å². The predicted molar refractivity (Wildman–Crippen MR) is 164 cm³/mol. The monoisotopic (exact) mass is 572 g/mol. The Labute approximate surface area is 252 Å². The topological polar surface area (TPSA) is 74.8 Å². The van der Waals surface area contributed by atoms with Crippen molar-refractivity contribution in [3.8, 4) is 0 Å². The van der Waals surface area contributed by atoms with E-state index in [1.165, 1.54) is 20.9 Å². The maximum absolute atomic E-state index is 13.5. The fourth-order valence-corrected chi connectivity index (χ4v) is 9.46. The first kappa shape index (κ1) is 26.6. The van der Waals surface area contributed by atoms with Gasteiger partial charge < -0.3 is 0 Å². The number of allylic oxidation sites excluding steroid dienone is 5. The summed E-state index contributed by atoms with van der Waals surface area (Å²) in [4.78, 5) is 56.5. The Morgan fingerprint density at radius 2 is 1.12 bits per heavy atom. The van der Waals surface area contributed by atoms with E-state index in [1.54, 1.807) is 0 Å². The SMILES string of the molecule is C=CCC1=CC2CC1C1C(=O)N(c3ccc(Cc4ccc(N5C(=O)C6C7C=C(CCC)C(C7)C6C5=O)cc4)cc3)C(=O)C21. The van der Waals surface area contributed by atoms with Crippen LogP contribution in [0.2, 0.25) is 0 Å². The zero-order chi connectivity index (χ0) is 29.6. The molecule has 4 amide bonds. The van der Waals surface area contributed by atoms with Gasteiger partial charge in [-0.05, 0) is 91.2 Å². The molecule has 6 heteroatoms. The van der Waals surface area contributed by atoms with Crippen LogP contribution < -0.4 is 9.80 Å². The number of hydrogen-bond acceptors (Lipinski definition) is 4. The lowest BCUT2D eigenvalue weighted by atomic mass is 9.80. The van der Waals surface area contributed by atoms with E-state index in [0.29, 0.717) is 17.8 Å². The van der Waals surface area contributed by atoms with Gasteiger partial charge in [0.15, 0.2) is 0 Å². The van der Waals surface area contributed by atoms with Crippen molar-refractivity contribution in [1.29, 1.82) is 0 Å². The van der Waals surface area contributed by atoms with E-state index in [4.69, 9.17) is 0 Å². The highest BCUT2D eigenvalue weighted by molar-refractivity contribution is 6.23. The molecule has 8 unspecified atom stereocenters. The Hall–Kier alpha value is -4.06. The second-order valence-electron chi connectivity index (χ2n) is 13.4. The first-order valence-electron chi connectivity index (χ1n) is 15.8. The lowest BCUT2D eigenvalue weighted by molar-refractivity contribution is -0.124. The standard InChI is InChI=1S/C37H36N2O4/c1-3-5-22-16-24-18-28(22)32-30(24)34(40)38(36(32)42)26-11-7-20(8-12-26)15-21-9-13-27(14-10-21)39-35(41)31-25-17-23(6-4-2)29(19-25)33(31)37(39)43/h3,7-14,16-17,24-25,28-33H,1,4-6,15,18-19H2,2H3. The molecule has 4 bridgehead atoms. The van der Waals surface area contributed by atoms with Crippen LogP contribution in [0.5, 0.6) is 0 Å². The minimum atomic E-state index is -0.241. The number of nitrogens with zero attached hydrogens (tertiary/aromatic N) is 2. The molecule has 2 heterocycles. The largest absolute Gasteiger partial charge is 0.274 e. The van der Waals surface area contributed by atoms with Crippen molar-refractivity contribution in [3.63, 3.8) is 0 Å².